The highest BCUT2D eigenvalue weighted by atomic mass is 16.2. The zero-order valence-electron chi connectivity index (χ0n) is 15.5. The maximum absolute atomic E-state index is 13.1. The van der Waals surface area contributed by atoms with E-state index < -0.39 is 0 Å². The molecular weight excluding hydrogens is 300 g/mol. The highest BCUT2D eigenvalue weighted by Crippen LogP contribution is 2.40. The quantitative estimate of drug-likeness (QED) is 0.832. The van der Waals surface area contributed by atoms with Gasteiger partial charge in [-0.2, -0.15) is 5.10 Å². The van der Waals surface area contributed by atoms with Crippen molar-refractivity contribution in [2.75, 3.05) is 32.7 Å². The van der Waals surface area contributed by atoms with E-state index in [1.807, 2.05) is 23.1 Å². The summed E-state index contributed by atoms with van der Waals surface area (Å²) in [4.78, 5) is 17.7. The molecule has 134 valence electrons. The number of aromatic nitrogens is 2. The zero-order chi connectivity index (χ0) is 17.2. The Hall–Kier alpha value is -1.36. The molecule has 3 heterocycles. The second-order valence-electron chi connectivity index (χ2n) is 8.82. The van der Waals surface area contributed by atoms with Gasteiger partial charge in [-0.3, -0.25) is 9.48 Å². The first kappa shape index (κ1) is 17.5. The summed E-state index contributed by atoms with van der Waals surface area (Å²) in [5.41, 5.74) is 0.0748. The van der Waals surface area contributed by atoms with Gasteiger partial charge in [0.1, 0.15) is 0 Å². The van der Waals surface area contributed by atoms with Crippen LogP contribution in [0.2, 0.25) is 0 Å². The first-order chi connectivity index (χ1) is 11.4. The molecule has 2 aliphatic rings. The normalized spacial score (nSPS) is 25.8. The molecule has 1 spiro atoms. The van der Waals surface area contributed by atoms with Crippen LogP contribution < -0.4 is 0 Å². The van der Waals surface area contributed by atoms with Crippen molar-refractivity contribution in [3.05, 3.63) is 18.5 Å². The number of rotatable bonds is 5. The Balaban J connectivity index is 1.53. The molecule has 5 heteroatoms. The van der Waals surface area contributed by atoms with Gasteiger partial charge in [-0.05, 0) is 50.3 Å². The molecule has 2 saturated heterocycles. The van der Waals surface area contributed by atoms with Crippen LogP contribution >= 0.6 is 0 Å². The van der Waals surface area contributed by atoms with Crippen LogP contribution in [0, 0.1) is 10.8 Å². The molecule has 1 aromatic heterocycles. The molecule has 3 rings (SSSR count). The fourth-order valence-corrected chi connectivity index (χ4v) is 4.29. The number of nitrogens with zero attached hydrogens (tertiary/aromatic N) is 4. The highest BCUT2D eigenvalue weighted by Gasteiger charge is 2.48. The van der Waals surface area contributed by atoms with Gasteiger partial charge < -0.3 is 9.80 Å². The Labute approximate surface area is 146 Å². The summed E-state index contributed by atoms with van der Waals surface area (Å²) in [5.74, 6) is 0.415. The van der Waals surface area contributed by atoms with Gasteiger partial charge in [0.05, 0.1) is 5.41 Å². The second kappa shape index (κ2) is 6.87. The van der Waals surface area contributed by atoms with E-state index in [2.05, 4.69) is 35.7 Å². The Bertz CT molecular complexity index is 548. The van der Waals surface area contributed by atoms with E-state index in [1.54, 1.807) is 0 Å². The van der Waals surface area contributed by atoms with Crippen molar-refractivity contribution in [3.63, 3.8) is 0 Å². The van der Waals surface area contributed by atoms with Crippen LogP contribution in [0.3, 0.4) is 0 Å². The topological polar surface area (TPSA) is 41.4 Å². The zero-order valence-corrected chi connectivity index (χ0v) is 15.5. The van der Waals surface area contributed by atoms with Crippen LogP contribution in [0.25, 0.3) is 0 Å². The monoisotopic (exact) mass is 332 g/mol. The molecule has 5 nitrogen and oxygen atoms in total. The Morgan fingerprint density at radius 3 is 2.75 bits per heavy atom. The average Bonchev–Trinajstić information content (AvgIpc) is 3.14. The summed E-state index contributed by atoms with van der Waals surface area (Å²) >= 11 is 0. The number of aryl methyl sites for hydroxylation is 1. The van der Waals surface area contributed by atoms with Gasteiger partial charge in [0.15, 0.2) is 0 Å². The lowest BCUT2D eigenvalue weighted by Crippen LogP contribution is -2.52. The van der Waals surface area contributed by atoms with Crippen LogP contribution in [0.5, 0.6) is 0 Å². The van der Waals surface area contributed by atoms with Crippen molar-refractivity contribution >= 4 is 5.91 Å². The van der Waals surface area contributed by atoms with Crippen molar-refractivity contribution < 1.29 is 4.79 Å². The number of hydrogen-bond acceptors (Lipinski definition) is 3. The molecule has 1 atom stereocenters. The molecule has 1 unspecified atom stereocenters. The number of likely N-dealkylation sites (tertiary alicyclic amines) is 2. The number of carbonyl (C=O) groups is 1. The summed E-state index contributed by atoms with van der Waals surface area (Å²) in [6.07, 6.45) is 8.20. The summed E-state index contributed by atoms with van der Waals surface area (Å²) in [6.45, 7) is 12.5. The van der Waals surface area contributed by atoms with Crippen molar-refractivity contribution in [2.24, 2.45) is 10.8 Å². The lowest BCUT2D eigenvalue weighted by Gasteiger charge is -2.42. The largest absolute Gasteiger partial charge is 0.342 e. The predicted molar refractivity (Wildman–Crippen MR) is 95.6 cm³/mol. The SMILES string of the molecule is CC(C)(C)CN1CCCC2(CCN(CCCn3cccn3)C2)C1=O. The van der Waals surface area contributed by atoms with Gasteiger partial charge in [-0.25, -0.2) is 0 Å². The molecule has 0 bridgehead atoms. The van der Waals surface area contributed by atoms with Gasteiger partial charge in [0.25, 0.3) is 0 Å². The fraction of sp³-hybridized carbons (Fsp3) is 0.789. The van der Waals surface area contributed by atoms with Crippen LogP contribution in [0.15, 0.2) is 18.5 Å². The third-order valence-electron chi connectivity index (χ3n) is 5.34. The molecule has 0 aromatic carbocycles. The van der Waals surface area contributed by atoms with Crippen LogP contribution in [0.1, 0.15) is 46.5 Å². The van der Waals surface area contributed by atoms with Crippen molar-refractivity contribution in [3.8, 4) is 0 Å². The summed E-state index contributed by atoms with van der Waals surface area (Å²) in [7, 11) is 0. The first-order valence-corrected chi connectivity index (χ1v) is 9.37. The third-order valence-corrected chi connectivity index (χ3v) is 5.34. The van der Waals surface area contributed by atoms with Crippen LogP contribution in [-0.2, 0) is 11.3 Å². The molecule has 0 aliphatic carbocycles. The Morgan fingerprint density at radius 2 is 2.04 bits per heavy atom. The van der Waals surface area contributed by atoms with E-state index in [9.17, 15) is 4.79 Å². The van der Waals surface area contributed by atoms with E-state index >= 15 is 0 Å². The van der Waals surface area contributed by atoms with Crippen molar-refractivity contribution in [1.29, 1.82) is 0 Å². The Kier molecular flexibility index (Phi) is 5.00. The van der Waals surface area contributed by atoms with Gasteiger partial charge >= 0.3 is 0 Å². The van der Waals surface area contributed by atoms with Crippen LogP contribution in [0.4, 0.5) is 0 Å². The maximum atomic E-state index is 13.1. The third kappa shape index (κ3) is 4.00. The fourth-order valence-electron chi connectivity index (χ4n) is 4.29. The summed E-state index contributed by atoms with van der Waals surface area (Å²) < 4.78 is 1.99. The number of carbonyl (C=O) groups excluding carboxylic acids is 1. The number of piperidine rings is 1. The molecule has 1 aromatic rings. The molecule has 24 heavy (non-hydrogen) atoms. The van der Waals surface area contributed by atoms with Gasteiger partial charge in [-0.1, -0.05) is 20.8 Å². The summed E-state index contributed by atoms with van der Waals surface area (Å²) in [6, 6.07) is 1.97. The molecule has 0 radical (unpaired) electrons. The molecule has 2 aliphatic heterocycles. The molecule has 0 N–H and O–H groups in total. The van der Waals surface area contributed by atoms with Gasteiger partial charge in [-0.15, -0.1) is 0 Å². The van der Waals surface area contributed by atoms with E-state index in [-0.39, 0.29) is 10.8 Å². The van der Waals surface area contributed by atoms with Crippen LogP contribution in [-0.4, -0.2) is 58.2 Å². The van der Waals surface area contributed by atoms with Crippen molar-refractivity contribution in [1.82, 2.24) is 19.6 Å². The number of hydrogen-bond donors (Lipinski definition) is 0. The predicted octanol–water partition coefficient (Wildman–Crippen LogP) is 2.63. The standard InChI is InChI=1S/C19H32N4O/c1-18(2,3)15-22-11-4-7-19(17(22)24)8-14-21(16-19)10-6-13-23-12-5-9-20-23/h5,9,12H,4,6-8,10-11,13-16H2,1-3H3. The van der Waals surface area contributed by atoms with Gasteiger partial charge in [0, 0.05) is 38.6 Å². The van der Waals surface area contributed by atoms with Gasteiger partial charge in [0.2, 0.25) is 5.91 Å². The smallest absolute Gasteiger partial charge is 0.230 e. The highest BCUT2D eigenvalue weighted by molar-refractivity contribution is 5.84. The molecular formula is C19H32N4O. The molecule has 0 saturated carbocycles. The number of amides is 1. The van der Waals surface area contributed by atoms with E-state index in [4.69, 9.17) is 0 Å². The maximum Gasteiger partial charge on any atom is 0.230 e. The average molecular weight is 332 g/mol. The molecule has 2 fully saturated rings. The van der Waals surface area contributed by atoms with E-state index in [0.717, 1.165) is 65.0 Å². The summed E-state index contributed by atoms with van der Waals surface area (Å²) in [5, 5.41) is 4.26. The minimum Gasteiger partial charge on any atom is -0.342 e. The lowest BCUT2D eigenvalue weighted by molar-refractivity contribution is -0.147. The minimum atomic E-state index is -0.102. The first-order valence-electron chi connectivity index (χ1n) is 9.37. The lowest BCUT2D eigenvalue weighted by atomic mass is 9.77. The van der Waals surface area contributed by atoms with Crippen molar-refractivity contribution in [2.45, 2.75) is 53.0 Å². The van der Waals surface area contributed by atoms with E-state index in [1.165, 1.54) is 0 Å². The second-order valence-corrected chi connectivity index (χ2v) is 8.82. The molecule has 1 amide bonds. The van der Waals surface area contributed by atoms with E-state index in [0.29, 0.717) is 5.91 Å². The Morgan fingerprint density at radius 1 is 1.21 bits per heavy atom. The minimum absolute atomic E-state index is 0.102.